The van der Waals surface area contributed by atoms with Crippen molar-refractivity contribution < 1.29 is 19.4 Å². The van der Waals surface area contributed by atoms with Crippen molar-refractivity contribution in [1.29, 1.82) is 0 Å². The van der Waals surface area contributed by atoms with Crippen LogP contribution in [-0.4, -0.2) is 37.5 Å². The van der Waals surface area contributed by atoms with Gasteiger partial charge in [-0.1, -0.05) is 5.16 Å². The van der Waals surface area contributed by atoms with E-state index >= 15 is 0 Å². The molecule has 0 saturated heterocycles. The highest BCUT2D eigenvalue weighted by Crippen LogP contribution is 2.21. The number of rotatable bonds is 8. The minimum Gasteiger partial charge on any atom is -0.496 e. The van der Waals surface area contributed by atoms with Gasteiger partial charge < -0.3 is 25.2 Å². The molecule has 6 nitrogen and oxygen atoms in total. The first-order chi connectivity index (χ1) is 9.62. The van der Waals surface area contributed by atoms with Crippen LogP contribution in [0.15, 0.2) is 23.4 Å². The summed E-state index contributed by atoms with van der Waals surface area (Å²) in [4.78, 5) is 0. The Morgan fingerprint density at radius 2 is 2.20 bits per heavy atom. The highest BCUT2D eigenvalue weighted by Gasteiger charge is 2.09. The third kappa shape index (κ3) is 4.71. The Morgan fingerprint density at radius 1 is 1.45 bits per heavy atom. The second-order valence-corrected chi connectivity index (χ2v) is 4.29. The van der Waals surface area contributed by atoms with Gasteiger partial charge in [0, 0.05) is 17.7 Å². The lowest BCUT2D eigenvalue weighted by Crippen LogP contribution is -2.17. The second kappa shape index (κ2) is 8.39. The van der Waals surface area contributed by atoms with E-state index in [4.69, 9.17) is 25.2 Å². The van der Waals surface area contributed by atoms with Gasteiger partial charge in [0.15, 0.2) is 5.84 Å². The Bertz CT molecular complexity index is 449. The summed E-state index contributed by atoms with van der Waals surface area (Å²) in [5, 5.41) is 11.7. The Kier molecular flexibility index (Phi) is 6.83. The number of amidine groups is 1. The molecule has 20 heavy (non-hydrogen) atoms. The zero-order valence-electron chi connectivity index (χ0n) is 12.1. The van der Waals surface area contributed by atoms with Crippen molar-refractivity contribution in [2.75, 3.05) is 20.3 Å². The molecule has 0 aliphatic heterocycles. The van der Waals surface area contributed by atoms with Gasteiger partial charge in [0.25, 0.3) is 0 Å². The van der Waals surface area contributed by atoms with Crippen molar-refractivity contribution in [3.63, 3.8) is 0 Å². The van der Waals surface area contributed by atoms with Crippen LogP contribution in [0.1, 0.15) is 25.0 Å². The molecule has 0 radical (unpaired) electrons. The van der Waals surface area contributed by atoms with Crippen LogP contribution in [0.5, 0.6) is 5.75 Å². The molecular weight excluding hydrogens is 260 g/mol. The smallest absolute Gasteiger partial charge is 0.170 e. The molecule has 0 fully saturated rings. The molecule has 1 aromatic carbocycles. The van der Waals surface area contributed by atoms with Crippen molar-refractivity contribution >= 4 is 5.84 Å². The standard InChI is InChI=1S/C14H22N2O4/c1-4-19-8-10(2)20-9-12-7-11(14(15)16-17)5-6-13(12)18-3/h5-7,10,17H,4,8-9H2,1-3H3,(H2,15,16). The Morgan fingerprint density at radius 3 is 2.80 bits per heavy atom. The quantitative estimate of drug-likeness (QED) is 0.328. The molecule has 1 aromatic rings. The highest BCUT2D eigenvalue weighted by molar-refractivity contribution is 5.97. The van der Waals surface area contributed by atoms with Crippen LogP contribution in [0.25, 0.3) is 0 Å². The van der Waals surface area contributed by atoms with Crippen LogP contribution in [-0.2, 0) is 16.1 Å². The van der Waals surface area contributed by atoms with Gasteiger partial charge >= 0.3 is 0 Å². The van der Waals surface area contributed by atoms with E-state index in [0.717, 1.165) is 5.56 Å². The summed E-state index contributed by atoms with van der Waals surface area (Å²) in [5.74, 6) is 0.749. The van der Waals surface area contributed by atoms with Crippen molar-refractivity contribution in [2.24, 2.45) is 10.9 Å². The van der Waals surface area contributed by atoms with E-state index in [2.05, 4.69) is 5.16 Å². The van der Waals surface area contributed by atoms with E-state index in [1.165, 1.54) is 0 Å². The van der Waals surface area contributed by atoms with E-state index < -0.39 is 0 Å². The fourth-order valence-electron chi connectivity index (χ4n) is 1.67. The summed E-state index contributed by atoms with van der Waals surface area (Å²) in [7, 11) is 1.59. The molecule has 0 heterocycles. The van der Waals surface area contributed by atoms with Crippen LogP contribution in [0.4, 0.5) is 0 Å². The maximum Gasteiger partial charge on any atom is 0.170 e. The Labute approximate surface area is 119 Å². The molecule has 1 unspecified atom stereocenters. The molecule has 0 bridgehead atoms. The van der Waals surface area contributed by atoms with Gasteiger partial charge in [0.05, 0.1) is 26.4 Å². The van der Waals surface area contributed by atoms with E-state index in [0.29, 0.717) is 31.1 Å². The predicted molar refractivity (Wildman–Crippen MR) is 76.2 cm³/mol. The number of nitrogens with zero attached hydrogens (tertiary/aromatic N) is 1. The number of hydrogen-bond acceptors (Lipinski definition) is 5. The summed E-state index contributed by atoms with van der Waals surface area (Å²) in [6, 6.07) is 5.27. The summed E-state index contributed by atoms with van der Waals surface area (Å²) in [5.41, 5.74) is 7.02. The predicted octanol–water partition coefficient (Wildman–Crippen LogP) is 1.73. The lowest BCUT2D eigenvalue weighted by Gasteiger charge is -2.15. The van der Waals surface area contributed by atoms with Gasteiger partial charge in [-0.15, -0.1) is 0 Å². The normalized spacial score (nSPS) is 13.2. The third-order valence-corrected chi connectivity index (χ3v) is 2.76. The number of oxime groups is 1. The molecule has 0 aromatic heterocycles. The maximum absolute atomic E-state index is 8.70. The molecule has 0 amide bonds. The average molecular weight is 282 g/mol. The van der Waals surface area contributed by atoms with Crippen LogP contribution in [0.3, 0.4) is 0 Å². The minimum absolute atomic E-state index is 0.0211. The van der Waals surface area contributed by atoms with Crippen LogP contribution >= 0.6 is 0 Å². The van der Waals surface area contributed by atoms with Gasteiger partial charge in [-0.2, -0.15) is 0 Å². The lowest BCUT2D eigenvalue weighted by molar-refractivity contribution is -0.0121. The summed E-state index contributed by atoms with van der Waals surface area (Å²) in [6.07, 6.45) is -0.0211. The fourth-order valence-corrected chi connectivity index (χ4v) is 1.67. The first-order valence-electron chi connectivity index (χ1n) is 6.46. The largest absolute Gasteiger partial charge is 0.496 e. The van der Waals surface area contributed by atoms with Crippen molar-refractivity contribution in [3.8, 4) is 5.75 Å². The second-order valence-electron chi connectivity index (χ2n) is 4.29. The number of benzene rings is 1. The highest BCUT2D eigenvalue weighted by atomic mass is 16.5. The molecule has 1 rings (SSSR count). The lowest BCUT2D eigenvalue weighted by atomic mass is 10.1. The SMILES string of the molecule is CCOCC(C)OCc1cc(/C(N)=N/O)ccc1OC. The first kappa shape index (κ1) is 16.3. The molecule has 112 valence electrons. The minimum atomic E-state index is -0.0211. The van der Waals surface area contributed by atoms with Gasteiger partial charge in [-0.05, 0) is 32.0 Å². The number of nitrogens with two attached hydrogens (primary N) is 1. The summed E-state index contributed by atoms with van der Waals surface area (Å²) in [6.45, 7) is 5.45. The fraction of sp³-hybridized carbons (Fsp3) is 0.500. The van der Waals surface area contributed by atoms with E-state index in [1.807, 2.05) is 13.8 Å². The van der Waals surface area contributed by atoms with Gasteiger partial charge in [-0.25, -0.2) is 0 Å². The Hall–Kier alpha value is -1.79. The van der Waals surface area contributed by atoms with Crippen molar-refractivity contribution in [3.05, 3.63) is 29.3 Å². The molecule has 0 saturated carbocycles. The van der Waals surface area contributed by atoms with Gasteiger partial charge in [0.2, 0.25) is 0 Å². The topological polar surface area (TPSA) is 86.3 Å². The maximum atomic E-state index is 8.70. The summed E-state index contributed by atoms with van der Waals surface area (Å²) < 4.78 is 16.3. The van der Waals surface area contributed by atoms with Crippen LogP contribution in [0.2, 0.25) is 0 Å². The average Bonchev–Trinajstić information content (AvgIpc) is 2.49. The Balaban J connectivity index is 2.76. The van der Waals surface area contributed by atoms with E-state index in [9.17, 15) is 0 Å². The number of methoxy groups -OCH3 is 1. The first-order valence-corrected chi connectivity index (χ1v) is 6.46. The molecule has 0 aliphatic carbocycles. The van der Waals surface area contributed by atoms with Gasteiger partial charge in [-0.3, -0.25) is 0 Å². The monoisotopic (exact) mass is 282 g/mol. The third-order valence-electron chi connectivity index (χ3n) is 2.76. The van der Waals surface area contributed by atoms with Crippen molar-refractivity contribution in [2.45, 2.75) is 26.6 Å². The molecule has 0 spiro atoms. The van der Waals surface area contributed by atoms with Gasteiger partial charge in [0.1, 0.15) is 5.75 Å². The molecular formula is C14H22N2O4. The van der Waals surface area contributed by atoms with E-state index in [1.54, 1.807) is 25.3 Å². The molecule has 1 atom stereocenters. The number of hydrogen-bond donors (Lipinski definition) is 2. The molecule has 6 heteroatoms. The number of ether oxygens (including phenoxy) is 3. The zero-order valence-corrected chi connectivity index (χ0v) is 12.1. The molecule has 3 N–H and O–H groups in total. The molecule has 0 aliphatic rings. The zero-order chi connectivity index (χ0) is 15.0. The van der Waals surface area contributed by atoms with Crippen LogP contribution in [0, 0.1) is 0 Å². The van der Waals surface area contributed by atoms with E-state index in [-0.39, 0.29) is 11.9 Å². The van der Waals surface area contributed by atoms with Crippen molar-refractivity contribution in [1.82, 2.24) is 0 Å². The summed E-state index contributed by atoms with van der Waals surface area (Å²) >= 11 is 0. The van der Waals surface area contributed by atoms with Crippen LogP contribution < -0.4 is 10.5 Å².